The number of benzene rings is 1. The average Bonchev–Trinajstić information content (AvgIpc) is 2.46. The first-order valence-electron chi connectivity index (χ1n) is 8.31. The van der Waals surface area contributed by atoms with Gasteiger partial charge in [-0.1, -0.05) is 44.2 Å². The molecule has 2 nitrogen and oxygen atoms in total. The number of amides is 1. The van der Waals surface area contributed by atoms with E-state index in [1.165, 1.54) is 56.1 Å². The Hall–Kier alpha value is -1.02. The van der Waals surface area contributed by atoms with Gasteiger partial charge in [0.05, 0.1) is 5.38 Å². The van der Waals surface area contributed by atoms with Crippen LogP contribution in [0.1, 0.15) is 67.9 Å². The highest BCUT2D eigenvalue weighted by Gasteiger charge is 2.23. The molecule has 3 rings (SSSR count). The van der Waals surface area contributed by atoms with E-state index < -0.39 is 0 Å². The fraction of sp³-hybridized carbons (Fsp3) is 0.611. The first-order chi connectivity index (χ1) is 10.2. The molecule has 114 valence electrons. The van der Waals surface area contributed by atoms with Crippen molar-refractivity contribution in [3.8, 4) is 0 Å². The Kier molecular flexibility index (Phi) is 4.84. The maximum absolute atomic E-state index is 11.4. The Morgan fingerprint density at radius 3 is 2.52 bits per heavy atom. The van der Waals surface area contributed by atoms with Gasteiger partial charge in [0, 0.05) is 12.1 Å². The molecule has 0 saturated heterocycles. The molecule has 1 aliphatic heterocycles. The number of anilines is 1. The van der Waals surface area contributed by atoms with Crippen molar-refractivity contribution in [2.24, 2.45) is 5.92 Å². The lowest BCUT2D eigenvalue weighted by Gasteiger charge is -2.26. The number of rotatable bonds is 2. The van der Waals surface area contributed by atoms with Gasteiger partial charge in [0.25, 0.3) is 0 Å². The molecule has 1 aromatic carbocycles. The van der Waals surface area contributed by atoms with Crippen molar-refractivity contribution < 1.29 is 4.79 Å². The summed E-state index contributed by atoms with van der Waals surface area (Å²) < 4.78 is 0. The predicted octanol–water partition coefficient (Wildman–Crippen LogP) is 5.21. The van der Waals surface area contributed by atoms with Gasteiger partial charge < -0.3 is 5.32 Å². The molecule has 2 aliphatic rings. The average molecular weight is 306 g/mol. The van der Waals surface area contributed by atoms with Crippen molar-refractivity contribution >= 4 is 23.2 Å². The second kappa shape index (κ2) is 6.83. The fourth-order valence-electron chi connectivity index (χ4n) is 3.63. The Labute approximate surface area is 132 Å². The van der Waals surface area contributed by atoms with E-state index in [4.69, 9.17) is 11.6 Å². The van der Waals surface area contributed by atoms with Gasteiger partial charge in [-0.2, -0.15) is 0 Å². The third-order valence-corrected chi connectivity index (χ3v) is 5.52. The number of hydrogen-bond acceptors (Lipinski definition) is 1. The molecule has 1 heterocycles. The molecule has 0 spiro atoms. The Balaban J connectivity index is 1.74. The van der Waals surface area contributed by atoms with Crippen molar-refractivity contribution in [2.45, 2.75) is 63.2 Å². The summed E-state index contributed by atoms with van der Waals surface area (Å²) in [5.41, 5.74) is 3.44. The molecule has 0 bridgehead atoms. The van der Waals surface area contributed by atoms with Gasteiger partial charge in [-0.25, -0.2) is 0 Å². The molecule has 21 heavy (non-hydrogen) atoms. The third-order valence-electron chi connectivity index (χ3n) is 4.91. The van der Waals surface area contributed by atoms with Crippen LogP contribution in [-0.4, -0.2) is 5.91 Å². The normalized spacial score (nSPS) is 21.9. The molecule has 1 atom stereocenters. The number of hydrogen-bond donors (Lipinski definition) is 1. The van der Waals surface area contributed by atoms with Gasteiger partial charge in [0.2, 0.25) is 5.91 Å². The largest absolute Gasteiger partial charge is 0.326 e. The van der Waals surface area contributed by atoms with Crippen molar-refractivity contribution in [3.63, 3.8) is 0 Å². The summed E-state index contributed by atoms with van der Waals surface area (Å²) in [6.45, 7) is 0. The Morgan fingerprint density at radius 1 is 1.05 bits per heavy atom. The minimum atomic E-state index is 0.117. The SMILES string of the molecule is O=C1CCc2cc(C(Cl)C3CCCCCCC3)ccc2N1. The lowest BCUT2D eigenvalue weighted by atomic mass is 9.85. The van der Waals surface area contributed by atoms with E-state index in [0.717, 1.165) is 12.1 Å². The molecule has 1 aromatic rings. The van der Waals surface area contributed by atoms with Gasteiger partial charge in [0.15, 0.2) is 0 Å². The van der Waals surface area contributed by atoms with Crippen LogP contribution in [0.25, 0.3) is 0 Å². The van der Waals surface area contributed by atoms with Gasteiger partial charge >= 0.3 is 0 Å². The van der Waals surface area contributed by atoms with E-state index in [1.807, 2.05) is 6.07 Å². The van der Waals surface area contributed by atoms with E-state index in [0.29, 0.717) is 12.3 Å². The zero-order valence-electron chi connectivity index (χ0n) is 12.5. The fourth-order valence-corrected chi connectivity index (χ4v) is 4.02. The number of aryl methyl sites for hydroxylation is 1. The minimum Gasteiger partial charge on any atom is -0.326 e. The molecule has 1 unspecified atom stereocenters. The van der Waals surface area contributed by atoms with Crippen molar-refractivity contribution in [3.05, 3.63) is 29.3 Å². The second-order valence-electron chi connectivity index (χ2n) is 6.47. The van der Waals surface area contributed by atoms with E-state index in [-0.39, 0.29) is 11.3 Å². The lowest BCUT2D eigenvalue weighted by molar-refractivity contribution is -0.116. The molecular weight excluding hydrogens is 282 g/mol. The summed E-state index contributed by atoms with van der Waals surface area (Å²) in [5, 5.41) is 3.06. The van der Waals surface area contributed by atoms with Crippen LogP contribution in [0.3, 0.4) is 0 Å². The highest BCUT2D eigenvalue weighted by molar-refractivity contribution is 6.21. The molecule has 1 saturated carbocycles. The van der Waals surface area contributed by atoms with Crippen molar-refractivity contribution in [2.75, 3.05) is 5.32 Å². The van der Waals surface area contributed by atoms with Crippen molar-refractivity contribution in [1.82, 2.24) is 0 Å². The van der Waals surface area contributed by atoms with E-state index in [2.05, 4.69) is 17.4 Å². The van der Waals surface area contributed by atoms with Crippen LogP contribution in [0.2, 0.25) is 0 Å². The van der Waals surface area contributed by atoms with E-state index in [1.54, 1.807) is 0 Å². The van der Waals surface area contributed by atoms with Crippen LogP contribution < -0.4 is 5.32 Å². The van der Waals surface area contributed by atoms with E-state index in [9.17, 15) is 4.79 Å². The zero-order chi connectivity index (χ0) is 14.7. The van der Waals surface area contributed by atoms with Crippen LogP contribution >= 0.6 is 11.6 Å². The number of alkyl halides is 1. The summed E-state index contributed by atoms with van der Waals surface area (Å²) in [5.74, 6) is 0.723. The molecule has 1 amide bonds. The van der Waals surface area contributed by atoms with Crippen LogP contribution in [0.4, 0.5) is 5.69 Å². The van der Waals surface area contributed by atoms with Crippen molar-refractivity contribution in [1.29, 1.82) is 0 Å². The summed E-state index contributed by atoms with van der Waals surface area (Å²) in [6.07, 6.45) is 10.7. The summed E-state index contributed by atoms with van der Waals surface area (Å²) in [6, 6.07) is 6.34. The molecule has 0 aromatic heterocycles. The Bertz CT molecular complexity index is 506. The monoisotopic (exact) mass is 305 g/mol. The molecule has 1 N–H and O–H groups in total. The Morgan fingerprint density at radius 2 is 1.76 bits per heavy atom. The third kappa shape index (κ3) is 3.60. The summed E-state index contributed by atoms with van der Waals surface area (Å²) in [4.78, 5) is 11.4. The van der Waals surface area contributed by atoms with Gasteiger partial charge in [-0.15, -0.1) is 11.6 Å². The molecule has 0 radical (unpaired) electrons. The van der Waals surface area contributed by atoms with Crippen LogP contribution in [0, 0.1) is 5.92 Å². The standard InChI is InChI=1S/C18H24ClNO/c19-18(13-6-4-2-1-3-5-7-13)15-8-10-16-14(12-15)9-11-17(21)20-16/h8,10,12-13,18H,1-7,9,11H2,(H,20,21). The van der Waals surface area contributed by atoms with Crippen LogP contribution in [0.15, 0.2) is 18.2 Å². The number of fused-ring (bicyclic) bond motifs is 1. The van der Waals surface area contributed by atoms with Crippen LogP contribution in [-0.2, 0) is 11.2 Å². The number of carbonyl (C=O) groups is 1. The highest BCUT2D eigenvalue weighted by atomic mass is 35.5. The number of carbonyl (C=O) groups excluding carboxylic acids is 1. The second-order valence-corrected chi connectivity index (χ2v) is 6.94. The molecule has 1 fully saturated rings. The molecule has 1 aliphatic carbocycles. The van der Waals surface area contributed by atoms with Gasteiger partial charge in [-0.05, 0) is 42.4 Å². The molecule has 3 heteroatoms. The minimum absolute atomic E-state index is 0.117. The van der Waals surface area contributed by atoms with Gasteiger partial charge in [0.1, 0.15) is 0 Å². The zero-order valence-corrected chi connectivity index (χ0v) is 13.3. The molecular formula is C18H24ClNO. The smallest absolute Gasteiger partial charge is 0.224 e. The quantitative estimate of drug-likeness (QED) is 0.746. The number of halogens is 1. The highest BCUT2D eigenvalue weighted by Crippen LogP contribution is 2.39. The van der Waals surface area contributed by atoms with Gasteiger partial charge in [-0.3, -0.25) is 4.79 Å². The summed E-state index contributed by atoms with van der Waals surface area (Å²) in [7, 11) is 0. The maximum atomic E-state index is 11.4. The first-order valence-corrected chi connectivity index (χ1v) is 8.74. The first kappa shape index (κ1) is 14.9. The van der Waals surface area contributed by atoms with E-state index >= 15 is 0 Å². The topological polar surface area (TPSA) is 29.1 Å². The predicted molar refractivity (Wildman–Crippen MR) is 87.8 cm³/mol. The maximum Gasteiger partial charge on any atom is 0.224 e. The summed E-state index contributed by atoms with van der Waals surface area (Å²) >= 11 is 6.79. The van der Waals surface area contributed by atoms with Crippen LogP contribution in [0.5, 0.6) is 0 Å². The number of nitrogens with one attached hydrogen (secondary N) is 1. The lowest BCUT2D eigenvalue weighted by Crippen LogP contribution is -2.19.